The Kier molecular flexibility index (Phi) is 6.01. The van der Waals surface area contributed by atoms with Crippen LogP contribution in [0.1, 0.15) is 24.8 Å². The van der Waals surface area contributed by atoms with Crippen LogP contribution in [0.2, 0.25) is 0 Å². The van der Waals surface area contributed by atoms with Crippen molar-refractivity contribution in [2.24, 2.45) is 0 Å². The number of carbonyl (C=O) groups is 1. The van der Waals surface area contributed by atoms with E-state index in [1.54, 1.807) is 6.07 Å². The number of nitriles is 1. The van der Waals surface area contributed by atoms with Gasteiger partial charge in [-0.2, -0.15) is 5.26 Å². The van der Waals surface area contributed by atoms with Crippen LogP contribution in [-0.2, 0) is 0 Å². The molecule has 1 aliphatic rings. The Morgan fingerprint density at radius 1 is 1.45 bits per heavy atom. The number of benzene rings is 1. The van der Waals surface area contributed by atoms with E-state index >= 15 is 0 Å². The molecule has 1 aromatic rings. The lowest BCUT2D eigenvalue weighted by Crippen LogP contribution is -2.50. The highest BCUT2D eigenvalue weighted by Gasteiger charge is 2.22. The maximum Gasteiger partial charge on any atom is 0.315 e. The molecule has 1 unspecified atom stereocenters. The zero-order valence-electron chi connectivity index (χ0n) is 12.5. The molecule has 0 bridgehead atoms. The number of halogens is 1. The van der Waals surface area contributed by atoms with Gasteiger partial charge in [0.2, 0.25) is 0 Å². The maximum atomic E-state index is 12.0. The molecule has 0 aromatic heterocycles. The number of nitrogens with zero attached hydrogens (tertiary/aromatic N) is 2. The predicted molar refractivity (Wildman–Crippen MR) is 83.5 cm³/mol. The minimum Gasteiger partial charge on any atom is -0.368 e. The number of urea groups is 1. The van der Waals surface area contributed by atoms with E-state index in [0.29, 0.717) is 25.1 Å². The van der Waals surface area contributed by atoms with Crippen molar-refractivity contribution in [1.29, 1.82) is 5.26 Å². The second kappa shape index (κ2) is 8.23. The van der Waals surface area contributed by atoms with E-state index in [1.165, 1.54) is 0 Å². The van der Waals surface area contributed by atoms with Crippen molar-refractivity contribution in [3.8, 4) is 6.07 Å². The molecule has 22 heavy (non-hydrogen) atoms. The minimum atomic E-state index is -0.428. The van der Waals surface area contributed by atoms with Crippen LogP contribution in [0.25, 0.3) is 0 Å². The average Bonchev–Trinajstić information content (AvgIpc) is 2.55. The number of alkyl halides is 1. The SMILES string of the molecule is N#Cc1ccccc1N1CCCC(NC(=O)NCCCF)C1. The molecule has 1 fully saturated rings. The summed E-state index contributed by atoms with van der Waals surface area (Å²) in [7, 11) is 0. The predicted octanol–water partition coefficient (Wildman–Crippen LogP) is 2.19. The quantitative estimate of drug-likeness (QED) is 0.819. The van der Waals surface area contributed by atoms with Gasteiger partial charge in [-0.15, -0.1) is 0 Å². The smallest absolute Gasteiger partial charge is 0.315 e. The molecule has 118 valence electrons. The largest absolute Gasteiger partial charge is 0.368 e. The first-order valence-corrected chi connectivity index (χ1v) is 7.59. The van der Waals surface area contributed by atoms with Gasteiger partial charge in [0.05, 0.1) is 17.9 Å². The Hall–Kier alpha value is -2.29. The van der Waals surface area contributed by atoms with Gasteiger partial charge in [0.15, 0.2) is 0 Å². The molecule has 0 saturated carbocycles. The molecule has 6 heteroatoms. The van der Waals surface area contributed by atoms with Crippen molar-refractivity contribution in [3.05, 3.63) is 29.8 Å². The number of hydrogen-bond acceptors (Lipinski definition) is 3. The van der Waals surface area contributed by atoms with Gasteiger partial charge < -0.3 is 15.5 Å². The van der Waals surface area contributed by atoms with E-state index in [2.05, 4.69) is 21.6 Å². The Bertz CT molecular complexity index is 543. The maximum absolute atomic E-state index is 12.0. The lowest BCUT2D eigenvalue weighted by Gasteiger charge is -2.35. The first-order chi connectivity index (χ1) is 10.7. The number of carbonyl (C=O) groups excluding carboxylic acids is 1. The van der Waals surface area contributed by atoms with Crippen LogP contribution in [0.5, 0.6) is 0 Å². The molecule has 1 saturated heterocycles. The third-order valence-electron chi connectivity index (χ3n) is 3.72. The third-order valence-corrected chi connectivity index (χ3v) is 3.72. The van der Waals surface area contributed by atoms with E-state index in [9.17, 15) is 14.4 Å². The number of rotatable bonds is 5. The van der Waals surface area contributed by atoms with Gasteiger partial charge in [0.1, 0.15) is 6.07 Å². The second-order valence-electron chi connectivity index (χ2n) is 5.36. The van der Waals surface area contributed by atoms with Crippen LogP contribution >= 0.6 is 0 Å². The molecule has 0 aliphatic carbocycles. The summed E-state index contributed by atoms with van der Waals surface area (Å²) in [4.78, 5) is 13.9. The molecular formula is C16H21FN4O. The average molecular weight is 304 g/mol. The Morgan fingerprint density at radius 3 is 3.05 bits per heavy atom. The topological polar surface area (TPSA) is 68.2 Å². The lowest BCUT2D eigenvalue weighted by atomic mass is 10.0. The molecule has 1 aromatic carbocycles. The van der Waals surface area contributed by atoms with E-state index in [1.807, 2.05) is 18.2 Å². The highest BCUT2D eigenvalue weighted by atomic mass is 19.1. The fourth-order valence-corrected chi connectivity index (χ4v) is 2.66. The van der Waals surface area contributed by atoms with E-state index in [-0.39, 0.29) is 12.1 Å². The van der Waals surface area contributed by atoms with Crippen LogP contribution in [0.3, 0.4) is 0 Å². The van der Waals surface area contributed by atoms with Crippen LogP contribution < -0.4 is 15.5 Å². The molecule has 2 rings (SSSR count). The molecule has 1 aliphatic heterocycles. The van der Waals surface area contributed by atoms with E-state index < -0.39 is 6.67 Å². The first kappa shape index (κ1) is 16.1. The number of amides is 2. The third kappa shape index (κ3) is 4.35. The van der Waals surface area contributed by atoms with Gasteiger partial charge >= 0.3 is 6.03 Å². The summed E-state index contributed by atoms with van der Waals surface area (Å²) in [6.45, 7) is 1.47. The highest BCUT2D eigenvalue weighted by Crippen LogP contribution is 2.23. The molecule has 0 radical (unpaired) electrons. The van der Waals surface area contributed by atoms with Crippen molar-refractivity contribution in [2.75, 3.05) is 31.2 Å². The standard InChI is InChI=1S/C16H21FN4O/c17-8-4-9-19-16(22)20-14-6-3-10-21(12-14)15-7-2-1-5-13(15)11-18/h1-2,5,7,14H,3-4,6,8-10,12H2,(H2,19,20,22). The van der Waals surface area contributed by atoms with Crippen molar-refractivity contribution in [2.45, 2.75) is 25.3 Å². The summed E-state index contributed by atoms with van der Waals surface area (Å²) < 4.78 is 12.0. The van der Waals surface area contributed by atoms with Gasteiger partial charge in [0, 0.05) is 25.7 Å². The number of para-hydroxylation sites is 1. The molecular weight excluding hydrogens is 283 g/mol. The number of piperidine rings is 1. The van der Waals surface area contributed by atoms with Gasteiger partial charge in [-0.3, -0.25) is 4.39 Å². The summed E-state index contributed by atoms with van der Waals surface area (Å²) in [5.74, 6) is 0. The summed E-state index contributed by atoms with van der Waals surface area (Å²) >= 11 is 0. The summed E-state index contributed by atoms with van der Waals surface area (Å²) in [6, 6.07) is 9.48. The van der Waals surface area contributed by atoms with Crippen LogP contribution in [-0.4, -0.2) is 38.4 Å². The van der Waals surface area contributed by atoms with Gasteiger partial charge in [0.25, 0.3) is 0 Å². The molecule has 2 amide bonds. The molecule has 1 heterocycles. The molecule has 2 N–H and O–H groups in total. The Morgan fingerprint density at radius 2 is 2.27 bits per heavy atom. The number of hydrogen-bond donors (Lipinski definition) is 2. The van der Waals surface area contributed by atoms with E-state index in [4.69, 9.17) is 0 Å². The highest BCUT2D eigenvalue weighted by molar-refractivity contribution is 5.74. The van der Waals surface area contributed by atoms with E-state index in [0.717, 1.165) is 25.1 Å². The zero-order chi connectivity index (χ0) is 15.8. The normalized spacial score (nSPS) is 17.6. The summed E-state index contributed by atoms with van der Waals surface area (Å²) in [5, 5.41) is 14.8. The van der Waals surface area contributed by atoms with Crippen molar-refractivity contribution in [1.82, 2.24) is 10.6 Å². The number of anilines is 1. The fourth-order valence-electron chi connectivity index (χ4n) is 2.66. The van der Waals surface area contributed by atoms with Gasteiger partial charge in [-0.25, -0.2) is 4.79 Å². The Labute approximate surface area is 130 Å². The summed E-state index contributed by atoms with van der Waals surface area (Å²) in [5.41, 5.74) is 1.56. The van der Waals surface area contributed by atoms with Crippen LogP contribution in [0, 0.1) is 11.3 Å². The van der Waals surface area contributed by atoms with Crippen molar-refractivity contribution < 1.29 is 9.18 Å². The Balaban J connectivity index is 1.92. The molecule has 0 spiro atoms. The van der Waals surface area contributed by atoms with Crippen molar-refractivity contribution >= 4 is 11.7 Å². The lowest BCUT2D eigenvalue weighted by molar-refractivity contribution is 0.234. The fraction of sp³-hybridized carbons (Fsp3) is 0.500. The van der Waals surface area contributed by atoms with Crippen LogP contribution in [0.4, 0.5) is 14.9 Å². The van der Waals surface area contributed by atoms with Crippen molar-refractivity contribution in [3.63, 3.8) is 0 Å². The minimum absolute atomic E-state index is 0.0332. The van der Waals surface area contributed by atoms with Crippen LogP contribution in [0.15, 0.2) is 24.3 Å². The first-order valence-electron chi connectivity index (χ1n) is 7.59. The molecule has 1 atom stereocenters. The monoisotopic (exact) mass is 304 g/mol. The zero-order valence-corrected chi connectivity index (χ0v) is 12.5. The number of nitrogens with one attached hydrogen (secondary N) is 2. The molecule has 5 nitrogen and oxygen atoms in total. The van der Waals surface area contributed by atoms with Gasteiger partial charge in [-0.05, 0) is 31.4 Å². The van der Waals surface area contributed by atoms with Gasteiger partial charge in [-0.1, -0.05) is 12.1 Å². The second-order valence-corrected chi connectivity index (χ2v) is 5.36. The summed E-state index contributed by atoms with van der Waals surface area (Å²) in [6.07, 6.45) is 2.19.